The number of fused-ring (bicyclic) bond motifs is 4. The van der Waals surface area contributed by atoms with Crippen molar-refractivity contribution in [3.05, 3.63) is 322 Å². The molecule has 612 valence electrons. The van der Waals surface area contributed by atoms with E-state index in [9.17, 15) is 19.2 Å². The van der Waals surface area contributed by atoms with Crippen LogP contribution in [0.5, 0.6) is 0 Å². The lowest BCUT2D eigenvalue weighted by Crippen LogP contribution is -2.25. The number of aryl methyl sites for hydroxylation is 8. The summed E-state index contributed by atoms with van der Waals surface area (Å²) < 4.78 is 8.96. The maximum absolute atomic E-state index is 11.3. The van der Waals surface area contributed by atoms with E-state index in [1.54, 1.807) is 46.2 Å². The minimum Gasteiger partial charge on any atom is -0.330 e. The summed E-state index contributed by atoms with van der Waals surface area (Å²) in [6, 6.07) is 75.9. The molecule has 24 nitrogen and oxygen atoms in total. The van der Waals surface area contributed by atoms with Crippen molar-refractivity contribution in [1.29, 1.82) is 0 Å². The van der Waals surface area contributed by atoms with Crippen molar-refractivity contribution in [3.8, 4) is 0 Å². The molecule has 4 heterocycles. The molecule has 24 heteroatoms. The number of carbonyl (C=O) groups is 4. The van der Waals surface area contributed by atoms with Crippen LogP contribution in [0, 0.1) is 0 Å². The van der Waals surface area contributed by atoms with Crippen LogP contribution >= 0.6 is 0 Å². The Bertz CT molecular complexity index is 5420. The van der Waals surface area contributed by atoms with Crippen LogP contribution in [0.15, 0.2) is 249 Å². The van der Waals surface area contributed by atoms with Crippen LogP contribution in [0.25, 0.3) is 68.4 Å². The molecule has 118 heavy (non-hydrogen) atoms. The lowest BCUT2D eigenvalue weighted by atomic mass is 10.1. The number of carbonyl (C=O) groups excluding carboxylic acids is 4. The average molecular weight is 1590 g/mol. The summed E-state index contributed by atoms with van der Waals surface area (Å²) in [6.07, 6.45) is 17.6. The third-order valence-corrected chi connectivity index (χ3v) is 20.0. The number of hydroxylamine groups is 4. The minimum absolute atomic E-state index is 0.550. The van der Waals surface area contributed by atoms with E-state index in [1.165, 1.54) is 52.1 Å². The molecule has 0 spiro atoms. The molecule has 0 aliphatic rings. The van der Waals surface area contributed by atoms with Gasteiger partial charge in [0.05, 0.1) is 57.2 Å². The van der Waals surface area contributed by atoms with E-state index >= 15 is 0 Å². The molecule has 0 bridgehead atoms. The van der Waals surface area contributed by atoms with E-state index in [4.69, 9.17) is 40.8 Å². The van der Waals surface area contributed by atoms with E-state index in [1.807, 2.05) is 110 Å². The Labute approximate surface area is 689 Å². The van der Waals surface area contributed by atoms with Crippen molar-refractivity contribution >= 4 is 92.1 Å². The molecule has 0 aliphatic carbocycles. The standard InChI is InChI=1S/C26H26N4O2.C25H32N4O2.C23H28N4O2.C20H22N4O2/c1-29-24-14-12-20(13-15-26(31)28-32)16-23(24)27-25(29)19-30(17-21-8-4-2-5-9-21)18-22-10-6-3-7-11-22;1-3-28(4-2)17-8-18-29-23-14-11-21(13-16-25(30)27-31)19-22(23)26-24(29)15-12-20-9-6-5-7-10-20;1-26(2)15-6-16-27-21-12-9-19(11-14-23(28)25-29)17-20(21)24-22(27)13-10-18-7-4-3-5-8-18;1-2-24-18-10-8-15(9-11-20(25)23-26)12-17(18)22-19(24)14-21-13-16-6-4-3-5-7-16/h2-16,32H,17-19H2,1H3,(H,28,31);5-7,9-11,13-14,16,19,31H,3-4,8,12,15,17-18H2,1-2H3,(H,27,30);3-5,7-9,11-12,14,17,29H,6,10,13,15-16H2,1-2H3,(H,25,28);3-12,21,26H,2,13-14H2,1H3,(H,23,25)/b15-13+;16-13+;14-11+;11-9+. The van der Waals surface area contributed by atoms with Crippen LogP contribution in [0.3, 0.4) is 0 Å². The second kappa shape index (κ2) is 46.2. The fraction of sp³-hybridized carbons (Fsp3) is 0.255. The van der Waals surface area contributed by atoms with E-state index in [0.29, 0.717) is 13.1 Å². The van der Waals surface area contributed by atoms with Gasteiger partial charge in [-0.1, -0.05) is 190 Å². The first kappa shape index (κ1) is 87.8. The van der Waals surface area contributed by atoms with Crippen molar-refractivity contribution in [2.75, 3.05) is 40.3 Å². The van der Waals surface area contributed by atoms with Gasteiger partial charge < -0.3 is 33.4 Å². The number of rotatable bonds is 35. The first-order chi connectivity index (χ1) is 57.5. The van der Waals surface area contributed by atoms with Crippen LogP contribution in [0.4, 0.5) is 0 Å². The largest absolute Gasteiger partial charge is 0.330 e. The lowest BCUT2D eigenvalue weighted by Gasteiger charge is -2.22. The van der Waals surface area contributed by atoms with Gasteiger partial charge in [0.25, 0.3) is 23.6 Å². The van der Waals surface area contributed by atoms with E-state index < -0.39 is 23.6 Å². The first-order valence-corrected chi connectivity index (χ1v) is 40.0. The van der Waals surface area contributed by atoms with Gasteiger partial charge in [0, 0.05) is 83.5 Å². The number of nitrogens with zero attached hydrogens (tertiary/aromatic N) is 11. The number of amides is 4. The molecule has 13 aromatic rings. The van der Waals surface area contributed by atoms with Gasteiger partial charge in [-0.15, -0.1) is 0 Å². The van der Waals surface area contributed by atoms with E-state index in [-0.39, 0.29) is 0 Å². The Morgan fingerprint density at radius 3 is 1.08 bits per heavy atom. The Morgan fingerprint density at radius 1 is 0.364 bits per heavy atom. The van der Waals surface area contributed by atoms with Gasteiger partial charge in [0.15, 0.2) is 0 Å². The van der Waals surface area contributed by atoms with Crippen molar-refractivity contribution in [3.63, 3.8) is 0 Å². The molecule has 4 aromatic heterocycles. The highest BCUT2D eigenvalue weighted by atomic mass is 16.5. The first-order valence-electron chi connectivity index (χ1n) is 40.0. The topological polar surface area (TPSA) is 290 Å². The highest BCUT2D eigenvalue weighted by molar-refractivity contribution is 5.94. The summed E-state index contributed by atoms with van der Waals surface area (Å²) >= 11 is 0. The van der Waals surface area contributed by atoms with Crippen LogP contribution < -0.4 is 27.2 Å². The highest BCUT2D eigenvalue weighted by Crippen LogP contribution is 2.26. The van der Waals surface area contributed by atoms with Gasteiger partial charge in [-0.25, -0.2) is 41.9 Å². The Morgan fingerprint density at radius 2 is 0.703 bits per heavy atom. The molecule has 0 saturated heterocycles. The summed E-state index contributed by atoms with van der Waals surface area (Å²) in [5.41, 5.74) is 24.1. The van der Waals surface area contributed by atoms with Crippen LogP contribution in [-0.2, 0) is 104 Å². The van der Waals surface area contributed by atoms with E-state index in [0.717, 1.165) is 194 Å². The molecule has 0 fully saturated rings. The molecular formula is C94H108N16O8. The molecule has 4 amide bonds. The zero-order valence-corrected chi connectivity index (χ0v) is 68.0. The fourth-order valence-electron chi connectivity index (χ4n) is 13.9. The molecule has 0 aliphatic heterocycles. The highest BCUT2D eigenvalue weighted by Gasteiger charge is 2.18. The van der Waals surface area contributed by atoms with Crippen molar-refractivity contribution < 1.29 is 40.0 Å². The Kier molecular flexibility index (Phi) is 34.4. The van der Waals surface area contributed by atoms with Crippen molar-refractivity contribution in [2.45, 2.75) is 112 Å². The number of hydrogen-bond acceptors (Lipinski definition) is 16. The van der Waals surface area contributed by atoms with Gasteiger partial charge >= 0.3 is 0 Å². The fourth-order valence-corrected chi connectivity index (χ4v) is 13.9. The predicted molar refractivity (Wildman–Crippen MR) is 468 cm³/mol. The molecule has 0 radical (unpaired) electrons. The molecule has 0 unspecified atom stereocenters. The number of nitrogens with one attached hydrogen (secondary N) is 5. The molecule has 9 aromatic carbocycles. The summed E-state index contributed by atoms with van der Waals surface area (Å²) in [5, 5.41) is 37.9. The normalized spacial score (nSPS) is 11.5. The number of benzene rings is 9. The maximum atomic E-state index is 11.3. The Hall–Kier alpha value is -12.6. The van der Waals surface area contributed by atoms with E-state index in [2.05, 4.69) is 194 Å². The summed E-state index contributed by atoms with van der Waals surface area (Å²) in [4.78, 5) is 71.4. The molecule has 13 rings (SSSR count). The summed E-state index contributed by atoms with van der Waals surface area (Å²) in [7, 11) is 6.20. The van der Waals surface area contributed by atoms with Gasteiger partial charge in [-0.2, -0.15) is 0 Å². The number of hydrogen-bond donors (Lipinski definition) is 9. The third-order valence-electron chi connectivity index (χ3n) is 20.0. The number of aromatic nitrogens is 8. The van der Waals surface area contributed by atoms with Crippen molar-refractivity contribution in [1.82, 2.24) is 80.1 Å². The number of imidazole rings is 4. The molecule has 0 saturated carbocycles. The summed E-state index contributed by atoms with van der Waals surface area (Å²) in [5.74, 6) is 1.89. The molecule has 0 atom stereocenters. The smallest absolute Gasteiger partial charge is 0.267 e. The van der Waals surface area contributed by atoms with Crippen LogP contribution in [0.1, 0.15) is 107 Å². The minimum atomic E-state index is -0.565. The van der Waals surface area contributed by atoms with Gasteiger partial charge in [0.2, 0.25) is 0 Å². The van der Waals surface area contributed by atoms with Crippen LogP contribution in [-0.4, -0.2) is 138 Å². The van der Waals surface area contributed by atoms with Gasteiger partial charge in [0.1, 0.15) is 23.3 Å². The SMILES string of the molecule is CCN(CC)CCCn1c(CCc2ccccc2)nc2cc(/C=C/C(=O)NO)ccc21.CCn1c(CNCc2ccccc2)nc2cc(/C=C/C(=O)NO)ccc21.CN(C)CCCn1c(CCc2ccccc2)nc2cc(/C=C/C(=O)NO)ccc21.Cn1c(CN(Cc2ccccc2)Cc2ccccc2)nc2cc(/C=C/C(=O)NO)ccc21. The maximum Gasteiger partial charge on any atom is 0.267 e. The zero-order chi connectivity index (χ0) is 83.4. The molecule has 9 N–H and O–H groups in total. The summed E-state index contributed by atoms with van der Waals surface area (Å²) in [6.45, 7) is 17.2. The lowest BCUT2D eigenvalue weighted by molar-refractivity contribution is -0.124. The van der Waals surface area contributed by atoms with Crippen LogP contribution in [0.2, 0.25) is 0 Å². The second-order valence-electron chi connectivity index (χ2n) is 28.7. The quantitative estimate of drug-likeness (QED) is 0.0101. The molecular weight excluding hydrogens is 1480 g/mol. The zero-order valence-electron chi connectivity index (χ0n) is 68.0. The second-order valence-corrected chi connectivity index (χ2v) is 28.7. The average Bonchev–Trinajstić information content (AvgIpc) is 1.70. The van der Waals surface area contributed by atoms with Gasteiger partial charge in [-0.3, -0.25) is 44.9 Å². The van der Waals surface area contributed by atoms with Gasteiger partial charge in [-0.05, 0) is 196 Å². The Balaban J connectivity index is 0.000000166. The predicted octanol–water partition coefficient (Wildman–Crippen LogP) is 14.5. The third kappa shape index (κ3) is 26.7. The monoisotopic (exact) mass is 1590 g/mol. The van der Waals surface area contributed by atoms with Crippen molar-refractivity contribution in [2.24, 2.45) is 7.05 Å².